The van der Waals surface area contributed by atoms with E-state index in [0.717, 1.165) is 34.5 Å². The quantitative estimate of drug-likeness (QED) is 0.394. The first-order valence-electron chi connectivity index (χ1n) is 13.8. The summed E-state index contributed by atoms with van der Waals surface area (Å²) in [4.78, 5) is 31.4. The molecule has 1 amide bonds. The monoisotopic (exact) mass is 499 g/mol. The molecule has 1 saturated heterocycles. The molecular formula is C27H28N8O2. The lowest BCUT2D eigenvalue weighted by Crippen LogP contribution is -2.35. The van der Waals surface area contributed by atoms with E-state index in [1.54, 1.807) is 24.5 Å². The first-order valence-corrected chi connectivity index (χ1v) is 12.3. The number of anilines is 3. The van der Waals surface area contributed by atoms with Gasteiger partial charge in [-0.25, -0.2) is 9.97 Å². The van der Waals surface area contributed by atoms with Gasteiger partial charge in [-0.1, -0.05) is 0 Å². The maximum atomic E-state index is 13.0. The summed E-state index contributed by atoms with van der Waals surface area (Å²) in [5.41, 5.74) is 5.34. The Kier molecular flexibility index (Phi) is 4.27. The lowest BCUT2D eigenvalue weighted by molar-refractivity contribution is 0.0966. The molecule has 0 radical (unpaired) electrons. The Morgan fingerprint density at radius 1 is 1.22 bits per heavy atom. The van der Waals surface area contributed by atoms with Gasteiger partial charge in [-0.2, -0.15) is 0 Å². The lowest BCUT2D eigenvalue weighted by atomic mass is 10.0. The van der Waals surface area contributed by atoms with Gasteiger partial charge in [-0.05, 0) is 37.7 Å². The largest absolute Gasteiger partial charge is 0.391 e. The molecule has 4 aromatic rings. The van der Waals surface area contributed by atoms with Gasteiger partial charge in [0, 0.05) is 72.2 Å². The van der Waals surface area contributed by atoms with Crippen molar-refractivity contribution in [3.8, 4) is 11.3 Å². The molecule has 1 fully saturated rings. The van der Waals surface area contributed by atoms with Crippen LogP contribution < -0.4 is 15.5 Å². The molecule has 0 aliphatic carbocycles. The van der Waals surface area contributed by atoms with E-state index in [1.807, 2.05) is 12.1 Å². The third-order valence-corrected chi connectivity index (χ3v) is 7.53. The zero-order valence-electron chi connectivity index (χ0n) is 23.3. The minimum atomic E-state index is -2.36. The second-order valence-electron chi connectivity index (χ2n) is 10.0. The summed E-state index contributed by atoms with van der Waals surface area (Å²) in [6, 6.07) is 7.68. The number of nitrogens with zero attached hydrogens (tertiary/aromatic N) is 6. The van der Waals surface area contributed by atoms with Crippen LogP contribution in [0.1, 0.15) is 32.1 Å². The predicted molar refractivity (Wildman–Crippen MR) is 141 cm³/mol. The summed E-state index contributed by atoms with van der Waals surface area (Å²) in [6.07, 6.45) is 5.08. The number of aliphatic hydroxyl groups excluding tert-OH is 1. The Balaban J connectivity index is 1.27. The zero-order chi connectivity index (χ0) is 27.8. The van der Waals surface area contributed by atoms with E-state index in [4.69, 9.17) is 14.1 Å². The number of likely N-dealkylation sites (N-methyl/N-ethyl adjacent to an activating group) is 1. The Morgan fingerprint density at radius 2 is 2.14 bits per heavy atom. The van der Waals surface area contributed by atoms with Crippen molar-refractivity contribution in [3.05, 3.63) is 59.7 Å². The number of rotatable bonds is 3. The number of amides is 1. The standard InChI is InChI=1S/C27H28N8O2/c1-33-12-15-9-16(36)13-35(15)22-3-4-23(32-21(22)14-33)31-20-11-29-25(19-10-30-27(37)24(19)20)17-5-7-28-26-18(17)6-8-34(26)2/h3-8,11,15-16,36H,9-10,12-14H2,1-2H3,(H,30,37)(H,31,32)/t15?,16-/m1/s1/i2D3. The van der Waals surface area contributed by atoms with E-state index in [2.05, 4.69) is 32.5 Å². The Hall–Kier alpha value is -4.02. The van der Waals surface area contributed by atoms with E-state index < -0.39 is 6.98 Å². The Labute approximate surface area is 218 Å². The Bertz CT molecular complexity index is 1670. The fourth-order valence-electron chi connectivity index (χ4n) is 5.93. The van der Waals surface area contributed by atoms with Crippen molar-refractivity contribution in [2.75, 3.05) is 30.4 Å². The van der Waals surface area contributed by atoms with Crippen molar-refractivity contribution >= 4 is 34.1 Å². The van der Waals surface area contributed by atoms with Gasteiger partial charge in [0.2, 0.25) is 0 Å². The lowest BCUT2D eigenvalue weighted by Gasteiger charge is -2.26. The van der Waals surface area contributed by atoms with Crippen molar-refractivity contribution < 1.29 is 14.0 Å². The van der Waals surface area contributed by atoms with Crippen molar-refractivity contribution in [1.29, 1.82) is 0 Å². The molecular weight excluding hydrogens is 468 g/mol. The smallest absolute Gasteiger partial charge is 0.254 e. The van der Waals surface area contributed by atoms with Gasteiger partial charge >= 0.3 is 0 Å². The third-order valence-electron chi connectivity index (χ3n) is 7.53. The van der Waals surface area contributed by atoms with E-state index >= 15 is 0 Å². The number of pyridine rings is 3. The van der Waals surface area contributed by atoms with Crippen LogP contribution in [0.5, 0.6) is 0 Å². The van der Waals surface area contributed by atoms with E-state index in [1.165, 1.54) is 6.20 Å². The number of hydrogen-bond acceptors (Lipinski definition) is 8. The number of nitrogens with one attached hydrogen (secondary N) is 2. The van der Waals surface area contributed by atoms with Crippen molar-refractivity contribution in [3.63, 3.8) is 0 Å². The normalized spacial score (nSPS) is 22.5. The zero-order valence-corrected chi connectivity index (χ0v) is 20.3. The molecule has 188 valence electrons. The van der Waals surface area contributed by atoms with Crippen LogP contribution >= 0.6 is 0 Å². The van der Waals surface area contributed by atoms with Crippen LogP contribution in [0.25, 0.3) is 22.3 Å². The molecule has 37 heavy (non-hydrogen) atoms. The fourth-order valence-corrected chi connectivity index (χ4v) is 5.93. The maximum absolute atomic E-state index is 13.0. The number of aromatic nitrogens is 4. The average Bonchev–Trinajstić information content (AvgIpc) is 3.59. The molecule has 0 spiro atoms. The first kappa shape index (κ1) is 19.1. The summed E-state index contributed by atoms with van der Waals surface area (Å²) >= 11 is 0. The highest BCUT2D eigenvalue weighted by Gasteiger charge is 2.36. The van der Waals surface area contributed by atoms with Crippen LogP contribution in [-0.2, 0) is 20.1 Å². The molecule has 0 aromatic carbocycles. The number of fused-ring (bicyclic) bond motifs is 5. The second kappa shape index (κ2) is 8.25. The average molecular weight is 500 g/mol. The van der Waals surface area contributed by atoms with Gasteiger partial charge in [-0.15, -0.1) is 0 Å². The fraction of sp³-hybridized carbons (Fsp3) is 0.333. The molecule has 3 aliphatic heterocycles. The van der Waals surface area contributed by atoms with Crippen LogP contribution in [0, 0.1) is 0 Å². The van der Waals surface area contributed by atoms with Crippen LogP contribution in [0.3, 0.4) is 0 Å². The number of hydrogen-bond donors (Lipinski definition) is 3. The van der Waals surface area contributed by atoms with Crippen LogP contribution in [0.15, 0.2) is 42.9 Å². The molecule has 3 aliphatic rings. The van der Waals surface area contributed by atoms with Gasteiger partial charge < -0.3 is 25.2 Å². The van der Waals surface area contributed by atoms with Crippen LogP contribution in [0.4, 0.5) is 17.2 Å². The molecule has 7 rings (SSSR count). The predicted octanol–water partition coefficient (Wildman–Crippen LogP) is 2.40. The van der Waals surface area contributed by atoms with Crippen molar-refractivity contribution in [1.82, 2.24) is 29.7 Å². The SMILES string of the molecule is [2H]C([2H])([2H])n1ccc2c(-c3ncc(Nc4ccc5c(n4)CN(C)CC4C[C@@H](O)CN54)c4c3CNC4=O)ccnc21. The van der Waals surface area contributed by atoms with Gasteiger partial charge in [-0.3, -0.25) is 14.7 Å². The minimum Gasteiger partial charge on any atom is -0.391 e. The Morgan fingerprint density at radius 3 is 3.03 bits per heavy atom. The van der Waals surface area contributed by atoms with E-state index in [9.17, 15) is 9.90 Å². The van der Waals surface area contributed by atoms with Crippen molar-refractivity contribution in [2.45, 2.75) is 31.7 Å². The summed E-state index contributed by atoms with van der Waals surface area (Å²) < 4.78 is 24.6. The summed E-state index contributed by atoms with van der Waals surface area (Å²) in [6.45, 7) is 0.0676. The molecule has 2 atom stereocenters. The molecule has 1 unspecified atom stereocenters. The molecule has 10 heteroatoms. The molecule has 3 N–H and O–H groups in total. The number of aliphatic hydroxyl groups is 1. The summed E-state index contributed by atoms with van der Waals surface area (Å²) in [7, 11) is 2.06. The van der Waals surface area contributed by atoms with Gasteiger partial charge in [0.05, 0.1) is 40.6 Å². The highest BCUT2D eigenvalue weighted by atomic mass is 16.3. The van der Waals surface area contributed by atoms with Gasteiger partial charge in [0.15, 0.2) is 0 Å². The number of carbonyl (C=O) groups excluding carboxylic acids is 1. The maximum Gasteiger partial charge on any atom is 0.254 e. The highest BCUT2D eigenvalue weighted by molar-refractivity contribution is 6.06. The molecule has 4 aromatic heterocycles. The number of carbonyl (C=O) groups is 1. The highest BCUT2D eigenvalue weighted by Crippen LogP contribution is 2.37. The molecule has 0 bridgehead atoms. The van der Waals surface area contributed by atoms with E-state index in [-0.39, 0.29) is 18.1 Å². The van der Waals surface area contributed by atoms with Crippen molar-refractivity contribution in [2.24, 2.45) is 6.98 Å². The minimum absolute atomic E-state index is 0.213. The van der Waals surface area contributed by atoms with Gasteiger partial charge in [0.1, 0.15) is 11.5 Å². The van der Waals surface area contributed by atoms with Gasteiger partial charge in [0.25, 0.3) is 5.91 Å². The number of aryl methyl sites for hydroxylation is 1. The topological polar surface area (TPSA) is 111 Å². The third kappa shape index (κ3) is 3.55. The summed E-state index contributed by atoms with van der Waals surface area (Å²) in [5.74, 6) is 0.387. The molecule has 0 saturated carbocycles. The van der Waals surface area contributed by atoms with Crippen LogP contribution in [-0.4, -0.2) is 67.7 Å². The first-order chi connectivity index (χ1) is 19.2. The molecule has 10 nitrogen and oxygen atoms in total. The van der Waals surface area contributed by atoms with E-state index in [0.29, 0.717) is 59.0 Å². The molecule has 7 heterocycles. The second-order valence-corrected chi connectivity index (χ2v) is 10.0. The van der Waals surface area contributed by atoms with Crippen LogP contribution in [0.2, 0.25) is 0 Å². The summed E-state index contributed by atoms with van der Waals surface area (Å²) in [5, 5.41) is 17.1.